The number of rotatable bonds is 7. The van der Waals surface area contributed by atoms with E-state index >= 15 is 0 Å². The van der Waals surface area contributed by atoms with Gasteiger partial charge in [-0.05, 0) is 30.9 Å². The van der Waals surface area contributed by atoms with Crippen LogP contribution in [0.4, 0.5) is 0 Å². The minimum Gasteiger partial charge on any atom is -0.394 e. The van der Waals surface area contributed by atoms with E-state index in [9.17, 15) is 58.8 Å². The lowest BCUT2D eigenvalue weighted by molar-refractivity contribution is -0.144. The molecule has 3 aliphatic rings. The van der Waals surface area contributed by atoms with Crippen molar-refractivity contribution in [2.24, 2.45) is 17.6 Å². The molecule has 14 N–H and O–H groups in total. The van der Waals surface area contributed by atoms with Crippen molar-refractivity contribution in [3.63, 3.8) is 0 Å². The number of hydrogen-bond acceptors (Lipinski definition) is 14. The van der Waals surface area contributed by atoms with Gasteiger partial charge >= 0.3 is 0 Å². The van der Waals surface area contributed by atoms with Gasteiger partial charge < -0.3 is 67.9 Å². The molecule has 1 aromatic heterocycles. The molecular formula is C40H58N10O12S. The minimum atomic E-state index is -1.71. The number of nitrogens with two attached hydrogens (primary N) is 1. The standard InChI is InChI=1S/C40H58N10O12S/c1-5-17(2)31-37(60)43-19(4)33(56)46-26-16-63-39-22(21-8-6-7-9-23(21)47-39)11-24(34(57)42-13-30(55)48-31)44-38(61)32(18(3)28(53)15-51)49-36(59)27-10-20(52)14-50(27)40(62)25(12-29(41)54)45-35(26)58/h6-9,17-20,24-28,31-32,34,42,47,51-53,57H,5,10-16H2,1-4H3,(H2,41,54)(H,43,60)(H,44,61)(H,45,58)(H,46,56)(H,48,55)(H,49,59)/t17-,18-,19+,20+,24-,25-,26-,27-,28-,31-,32-,34?/m0/s1. The molecule has 2 bridgehead atoms. The third kappa shape index (κ3) is 11.8. The molecule has 23 heteroatoms. The summed E-state index contributed by atoms with van der Waals surface area (Å²) in [5.41, 5.74) is 6.65. The highest BCUT2D eigenvalue weighted by atomic mass is 32.2. The molecule has 0 radical (unpaired) electrons. The Hall–Kier alpha value is -5.33. The zero-order valence-corrected chi connectivity index (χ0v) is 36.2. The Bertz CT molecular complexity index is 2050. The van der Waals surface area contributed by atoms with Crippen molar-refractivity contribution >= 4 is 69.9 Å². The highest BCUT2D eigenvalue weighted by Gasteiger charge is 2.45. The molecule has 0 aliphatic carbocycles. The summed E-state index contributed by atoms with van der Waals surface area (Å²) in [7, 11) is 0. The van der Waals surface area contributed by atoms with Gasteiger partial charge in [-0.15, -0.1) is 11.8 Å². The van der Waals surface area contributed by atoms with E-state index < -0.39 is 146 Å². The molecule has 4 heterocycles. The number of fused-ring (bicyclic) bond motifs is 5. The van der Waals surface area contributed by atoms with Gasteiger partial charge in [0.2, 0.25) is 47.3 Å². The van der Waals surface area contributed by atoms with E-state index in [0.29, 0.717) is 27.9 Å². The lowest BCUT2D eigenvalue weighted by atomic mass is 9.93. The van der Waals surface area contributed by atoms with Crippen molar-refractivity contribution in [2.45, 2.75) is 119 Å². The van der Waals surface area contributed by atoms with Crippen molar-refractivity contribution in [3.05, 3.63) is 29.8 Å². The summed E-state index contributed by atoms with van der Waals surface area (Å²) in [4.78, 5) is 115. The van der Waals surface area contributed by atoms with Gasteiger partial charge in [0, 0.05) is 35.5 Å². The van der Waals surface area contributed by atoms with Gasteiger partial charge in [0.15, 0.2) is 0 Å². The highest BCUT2D eigenvalue weighted by molar-refractivity contribution is 7.99. The number of nitrogens with one attached hydrogen (secondary N) is 8. The van der Waals surface area contributed by atoms with Gasteiger partial charge in [0.1, 0.15) is 42.5 Å². The number of nitrogens with zero attached hydrogens (tertiary/aromatic N) is 1. The fourth-order valence-corrected chi connectivity index (χ4v) is 8.89. The quantitative estimate of drug-likeness (QED) is 0.125. The van der Waals surface area contributed by atoms with E-state index in [1.54, 1.807) is 38.1 Å². The number of aliphatic hydroxyl groups excluding tert-OH is 4. The van der Waals surface area contributed by atoms with Crippen molar-refractivity contribution in [2.75, 3.05) is 25.4 Å². The number of aliphatic hydroxyl groups is 4. The van der Waals surface area contributed by atoms with Crippen LogP contribution in [-0.2, 0) is 44.8 Å². The monoisotopic (exact) mass is 902 g/mol. The van der Waals surface area contributed by atoms with Crippen molar-refractivity contribution in [1.82, 2.24) is 47.1 Å². The number of H-pyrrole nitrogens is 1. The predicted octanol–water partition coefficient (Wildman–Crippen LogP) is -4.46. The molecule has 0 spiro atoms. The maximum atomic E-state index is 14.5. The first kappa shape index (κ1) is 48.7. The van der Waals surface area contributed by atoms with Crippen LogP contribution in [0.15, 0.2) is 29.3 Å². The first-order chi connectivity index (χ1) is 29.8. The average molecular weight is 903 g/mol. The molecule has 3 aliphatic heterocycles. The zero-order chi connectivity index (χ0) is 46.3. The zero-order valence-electron chi connectivity index (χ0n) is 35.4. The van der Waals surface area contributed by atoms with Crippen LogP contribution in [0, 0.1) is 11.8 Å². The van der Waals surface area contributed by atoms with Gasteiger partial charge in [0.25, 0.3) is 0 Å². The van der Waals surface area contributed by atoms with Crippen molar-refractivity contribution in [3.8, 4) is 0 Å². The maximum absolute atomic E-state index is 14.5. The van der Waals surface area contributed by atoms with Crippen LogP contribution in [0.1, 0.15) is 52.5 Å². The Labute approximate surface area is 367 Å². The Morgan fingerprint density at radius 2 is 1.60 bits per heavy atom. The molecule has 346 valence electrons. The third-order valence-electron chi connectivity index (χ3n) is 11.8. The van der Waals surface area contributed by atoms with E-state index in [1.165, 1.54) is 13.8 Å². The molecule has 63 heavy (non-hydrogen) atoms. The summed E-state index contributed by atoms with van der Waals surface area (Å²) in [6.45, 7) is 4.43. The summed E-state index contributed by atoms with van der Waals surface area (Å²) in [5, 5.41) is 62.5. The Balaban J connectivity index is 1.70. The first-order valence-corrected chi connectivity index (χ1v) is 21.8. The molecule has 5 rings (SSSR count). The van der Waals surface area contributed by atoms with Gasteiger partial charge in [-0.1, -0.05) is 45.4 Å². The Morgan fingerprint density at radius 1 is 0.905 bits per heavy atom. The smallest absolute Gasteiger partial charge is 0.246 e. The third-order valence-corrected chi connectivity index (χ3v) is 12.9. The van der Waals surface area contributed by atoms with E-state index in [1.807, 2.05) is 0 Å². The summed E-state index contributed by atoms with van der Waals surface area (Å²) in [6, 6.07) is -3.01. The van der Waals surface area contributed by atoms with Gasteiger partial charge in [-0.2, -0.15) is 0 Å². The van der Waals surface area contributed by atoms with Gasteiger partial charge in [-0.3, -0.25) is 43.7 Å². The van der Waals surface area contributed by atoms with Crippen LogP contribution < -0.4 is 43.0 Å². The molecular weight excluding hydrogens is 845 g/mol. The van der Waals surface area contributed by atoms with Crippen LogP contribution in [0.25, 0.3) is 10.9 Å². The van der Waals surface area contributed by atoms with Crippen molar-refractivity contribution < 1.29 is 58.8 Å². The molecule has 1 unspecified atom stereocenters. The van der Waals surface area contributed by atoms with Crippen molar-refractivity contribution in [1.29, 1.82) is 0 Å². The Morgan fingerprint density at radius 3 is 2.29 bits per heavy atom. The van der Waals surface area contributed by atoms with Crippen LogP contribution >= 0.6 is 11.8 Å². The molecule has 8 amide bonds. The number of amides is 8. The van der Waals surface area contributed by atoms with Crippen LogP contribution in [0.3, 0.4) is 0 Å². The van der Waals surface area contributed by atoms with E-state index in [4.69, 9.17) is 5.73 Å². The number of thioether (sulfide) groups is 1. The van der Waals surface area contributed by atoms with E-state index in [0.717, 1.165) is 16.7 Å². The fraction of sp³-hybridized carbons (Fsp3) is 0.600. The van der Waals surface area contributed by atoms with E-state index in [2.05, 4.69) is 42.2 Å². The normalized spacial score (nSPS) is 30.1. The van der Waals surface area contributed by atoms with Gasteiger partial charge in [0.05, 0.1) is 42.8 Å². The summed E-state index contributed by atoms with van der Waals surface area (Å²) < 4.78 is 0. The fourth-order valence-electron chi connectivity index (χ4n) is 7.77. The minimum absolute atomic E-state index is 0.165. The largest absolute Gasteiger partial charge is 0.394 e. The lowest BCUT2D eigenvalue weighted by Gasteiger charge is -2.33. The number of hydrogen-bond donors (Lipinski definition) is 13. The highest BCUT2D eigenvalue weighted by Crippen LogP contribution is 2.32. The summed E-state index contributed by atoms with van der Waals surface area (Å²) in [6.07, 6.45) is -5.37. The molecule has 1 aromatic carbocycles. The second-order valence-electron chi connectivity index (χ2n) is 16.4. The predicted molar refractivity (Wildman–Crippen MR) is 226 cm³/mol. The second kappa shape index (κ2) is 21.4. The molecule has 12 atom stereocenters. The number of carbonyl (C=O) groups is 8. The number of para-hydroxylation sites is 1. The van der Waals surface area contributed by atoms with E-state index in [-0.39, 0.29) is 18.6 Å². The van der Waals surface area contributed by atoms with Gasteiger partial charge in [-0.25, -0.2) is 0 Å². The number of carbonyl (C=O) groups excluding carboxylic acids is 8. The van der Waals surface area contributed by atoms with Crippen LogP contribution in [0.5, 0.6) is 0 Å². The molecule has 22 nitrogen and oxygen atoms in total. The number of aromatic nitrogens is 1. The second-order valence-corrected chi connectivity index (χ2v) is 17.4. The first-order valence-electron chi connectivity index (χ1n) is 20.8. The number of benzene rings is 1. The average Bonchev–Trinajstić information content (AvgIpc) is 3.82. The summed E-state index contributed by atoms with van der Waals surface area (Å²) in [5.74, 6) is -9.03. The maximum Gasteiger partial charge on any atom is 0.246 e. The number of primary amides is 1. The topological polar surface area (TPSA) is 347 Å². The SMILES string of the molecule is CC[C@H](C)[C@@H]1NC(=O)CNC(O)[C@@H]2Cc3c([nH]c4ccccc34)SC[C@H](NC(=O)[C@@H](C)NC1=O)C(=O)N[C@@H](CC(N)=O)C(=O)N1C[C@H](O)C[C@H]1C(=O)N[C@@H]([C@@H](C)[C@@H](O)CO)C(=O)N2. The molecule has 1 saturated heterocycles. The molecule has 0 saturated carbocycles. The van der Waals surface area contributed by atoms with Crippen LogP contribution in [-0.4, -0.2) is 164 Å². The number of aromatic amines is 1. The summed E-state index contributed by atoms with van der Waals surface area (Å²) >= 11 is 1.06. The lowest BCUT2D eigenvalue weighted by Crippen LogP contribution is -2.63. The van der Waals surface area contributed by atoms with Crippen LogP contribution in [0.2, 0.25) is 0 Å². The Kier molecular flexibility index (Phi) is 16.5. The molecule has 2 aromatic rings. The molecule has 1 fully saturated rings.